The summed E-state index contributed by atoms with van der Waals surface area (Å²) in [6.45, 7) is 1.76. The lowest BCUT2D eigenvalue weighted by atomic mass is 9.99. The highest BCUT2D eigenvalue weighted by atomic mass is 15.5. The van der Waals surface area contributed by atoms with Crippen molar-refractivity contribution in [2.24, 2.45) is 0 Å². The van der Waals surface area contributed by atoms with Crippen molar-refractivity contribution < 1.29 is 0 Å². The molecule has 0 bridgehead atoms. The Labute approximate surface area is 140 Å². The summed E-state index contributed by atoms with van der Waals surface area (Å²) in [4.78, 5) is 3.71. The fourth-order valence-electron chi connectivity index (χ4n) is 3.21. The number of nitrogens with zero attached hydrogens (tertiary/aromatic N) is 5. The summed E-state index contributed by atoms with van der Waals surface area (Å²) in [5, 5.41) is 18.3. The fraction of sp³-hybridized carbons (Fsp3) is 0.211. The van der Waals surface area contributed by atoms with Crippen molar-refractivity contribution in [3.05, 3.63) is 71.9 Å². The van der Waals surface area contributed by atoms with E-state index in [0.29, 0.717) is 17.4 Å². The van der Waals surface area contributed by atoms with Crippen molar-refractivity contribution in [2.45, 2.75) is 12.3 Å². The van der Waals surface area contributed by atoms with Crippen LogP contribution in [0, 0.1) is 11.3 Å². The molecule has 1 saturated heterocycles. The molecule has 2 heterocycles. The number of aromatic nitrogens is 3. The Balaban J connectivity index is 1.61. The molecule has 0 N–H and O–H groups in total. The lowest BCUT2D eigenvalue weighted by Crippen LogP contribution is -2.20. The number of hydrogen-bond donors (Lipinski definition) is 0. The van der Waals surface area contributed by atoms with Gasteiger partial charge in [0.2, 0.25) is 5.69 Å². The maximum atomic E-state index is 9.43. The molecule has 118 valence electrons. The molecule has 0 amide bonds. The van der Waals surface area contributed by atoms with Gasteiger partial charge in [-0.2, -0.15) is 5.26 Å². The molecule has 5 heteroatoms. The molecule has 0 radical (unpaired) electrons. The first-order valence-corrected chi connectivity index (χ1v) is 8.08. The van der Waals surface area contributed by atoms with Crippen LogP contribution in [-0.4, -0.2) is 28.1 Å². The van der Waals surface area contributed by atoms with Crippen molar-refractivity contribution in [3.63, 3.8) is 0 Å². The van der Waals surface area contributed by atoms with Gasteiger partial charge in [-0.15, -0.1) is 15.0 Å². The van der Waals surface area contributed by atoms with E-state index < -0.39 is 0 Å². The summed E-state index contributed by atoms with van der Waals surface area (Å²) in [6.07, 6.45) is 1.06. The van der Waals surface area contributed by atoms with Crippen LogP contribution in [-0.2, 0) is 0 Å². The SMILES string of the molecule is N#Cc1nn(-c2ccccc2)nc1N1CCC(c2ccccc2)C1. The van der Waals surface area contributed by atoms with Crippen LogP contribution in [0.2, 0.25) is 0 Å². The van der Waals surface area contributed by atoms with Gasteiger partial charge in [-0.3, -0.25) is 0 Å². The number of nitriles is 1. The summed E-state index contributed by atoms with van der Waals surface area (Å²) < 4.78 is 0. The molecule has 3 aromatic rings. The number of rotatable bonds is 3. The van der Waals surface area contributed by atoms with Crippen LogP contribution in [0.25, 0.3) is 5.69 Å². The first kappa shape index (κ1) is 14.5. The first-order valence-electron chi connectivity index (χ1n) is 8.08. The molecule has 1 atom stereocenters. The molecule has 2 aromatic carbocycles. The smallest absolute Gasteiger partial charge is 0.207 e. The topological polar surface area (TPSA) is 57.7 Å². The Morgan fingerprint density at radius 3 is 2.38 bits per heavy atom. The predicted molar refractivity (Wildman–Crippen MR) is 92.1 cm³/mol. The van der Waals surface area contributed by atoms with Crippen LogP contribution in [0.3, 0.4) is 0 Å². The minimum atomic E-state index is 0.382. The van der Waals surface area contributed by atoms with Crippen LogP contribution < -0.4 is 4.90 Å². The van der Waals surface area contributed by atoms with Crippen molar-refractivity contribution in [3.8, 4) is 11.8 Å². The number of benzene rings is 2. The molecule has 1 aliphatic rings. The van der Waals surface area contributed by atoms with E-state index in [4.69, 9.17) is 0 Å². The van der Waals surface area contributed by atoms with Crippen LogP contribution in [0.5, 0.6) is 0 Å². The van der Waals surface area contributed by atoms with E-state index in [1.165, 1.54) is 5.56 Å². The summed E-state index contributed by atoms with van der Waals surface area (Å²) >= 11 is 0. The normalized spacial score (nSPS) is 17.0. The predicted octanol–water partition coefficient (Wildman–Crippen LogP) is 3.13. The monoisotopic (exact) mass is 315 g/mol. The average Bonchev–Trinajstić information content (AvgIpc) is 3.30. The van der Waals surface area contributed by atoms with Gasteiger partial charge >= 0.3 is 0 Å². The molecule has 24 heavy (non-hydrogen) atoms. The molecule has 1 aromatic heterocycles. The van der Waals surface area contributed by atoms with Crippen molar-refractivity contribution >= 4 is 5.82 Å². The van der Waals surface area contributed by atoms with Gasteiger partial charge in [0.15, 0.2) is 5.82 Å². The third-order valence-electron chi connectivity index (χ3n) is 4.45. The highest BCUT2D eigenvalue weighted by Crippen LogP contribution is 2.31. The lowest BCUT2D eigenvalue weighted by Gasteiger charge is -2.15. The lowest BCUT2D eigenvalue weighted by molar-refractivity contribution is 0.741. The van der Waals surface area contributed by atoms with Crippen LogP contribution in [0.15, 0.2) is 60.7 Å². The quantitative estimate of drug-likeness (QED) is 0.745. The third kappa shape index (κ3) is 2.63. The summed E-state index contributed by atoms with van der Waals surface area (Å²) in [5.74, 6) is 1.15. The van der Waals surface area contributed by atoms with Crippen LogP contribution >= 0.6 is 0 Å². The second-order valence-electron chi connectivity index (χ2n) is 5.95. The van der Waals surface area contributed by atoms with Gasteiger partial charge in [0.25, 0.3) is 0 Å². The minimum absolute atomic E-state index is 0.382. The highest BCUT2D eigenvalue weighted by Gasteiger charge is 2.28. The van der Waals surface area contributed by atoms with Crippen molar-refractivity contribution in [1.29, 1.82) is 5.26 Å². The summed E-state index contributed by atoms with van der Waals surface area (Å²) in [6, 6.07) is 22.4. The minimum Gasteiger partial charge on any atom is -0.352 e. The molecule has 0 saturated carbocycles. The molecular formula is C19H17N5. The van der Waals surface area contributed by atoms with Crippen molar-refractivity contribution in [1.82, 2.24) is 15.0 Å². The largest absolute Gasteiger partial charge is 0.352 e. The second-order valence-corrected chi connectivity index (χ2v) is 5.95. The van der Waals surface area contributed by atoms with Crippen LogP contribution in [0.4, 0.5) is 5.82 Å². The summed E-state index contributed by atoms with van der Waals surface area (Å²) in [7, 11) is 0. The Morgan fingerprint density at radius 2 is 1.67 bits per heavy atom. The van der Waals surface area contributed by atoms with E-state index in [2.05, 4.69) is 45.4 Å². The van der Waals surface area contributed by atoms with Gasteiger partial charge in [-0.05, 0) is 24.1 Å². The van der Waals surface area contributed by atoms with E-state index in [9.17, 15) is 5.26 Å². The van der Waals surface area contributed by atoms with Gasteiger partial charge in [0.05, 0.1) is 5.69 Å². The first-order chi connectivity index (χ1) is 11.8. The van der Waals surface area contributed by atoms with Gasteiger partial charge in [0, 0.05) is 19.0 Å². The second kappa shape index (κ2) is 6.17. The van der Waals surface area contributed by atoms with Gasteiger partial charge in [0.1, 0.15) is 6.07 Å². The highest BCUT2D eigenvalue weighted by molar-refractivity contribution is 5.51. The van der Waals surface area contributed by atoms with Crippen molar-refractivity contribution in [2.75, 3.05) is 18.0 Å². The fourth-order valence-corrected chi connectivity index (χ4v) is 3.21. The van der Waals surface area contributed by atoms with E-state index in [1.54, 1.807) is 4.80 Å². The Morgan fingerprint density at radius 1 is 0.958 bits per heavy atom. The number of anilines is 1. The number of para-hydroxylation sites is 1. The summed E-state index contributed by atoms with van der Waals surface area (Å²) in [5.41, 5.74) is 2.58. The van der Waals surface area contributed by atoms with Crippen LogP contribution in [0.1, 0.15) is 23.6 Å². The molecular weight excluding hydrogens is 298 g/mol. The van der Waals surface area contributed by atoms with Gasteiger partial charge < -0.3 is 4.90 Å². The zero-order chi connectivity index (χ0) is 16.4. The Kier molecular flexibility index (Phi) is 3.72. The Hall–Kier alpha value is -3.13. The molecule has 5 nitrogen and oxygen atoms in total. The molecule has 0 spiro atoms. The molecule has 1 fully saturated rings. The Bertz CT molecular complexity index is 864. The van der Waals surface area contributed by atoms with Gasteiger partial charge in [-0.25, -0.2) is 0 Å². The zero-order valence-electron chi connectivity index (χ0n) is 13.2. The average molecular weight is 315 g/mol. The van der Waals surface area contributed by atoms with E-state index in [1.807, 2.05) is 36.4 Å². The standard InChI is InChI=1S/C19H17N5/c20-13-18-19(22-24(21-18)17-9-5-2-6-10-17)23-12-11-16(14-23)15-7-3-1-4-8-15/h1-10,16H,11-12,14H2. The molecule has 0 aliphatic carbocycles. The molecule has 1 unspecified atom stereocenters. The molecule has 4 rings (SSSR count). The maximum Gasteiger partial charge on any atom is 0.207 e. The third-order valence-corrected chi connectivity index (χ3v) is 4.45. The van der Waals surface area contributed by atoms with E-state index >= 15 is 0 Å². The van der Waals surface area contributed by atoms with E-state index in [0.717, 1.165) is 25.2 Å². The van der Waals surface area contributed by atoms with Gasteiger partial charge in [-0.1, -0.05) is 48.5 Å². The number of hydrogen-bond acceptors (Lipinski definition) is 4. The van der Waals surface area contributed by atoms with E-state index in [-0.39, 0.29) is 0 Å². The zero-order valence-corrected chi connectivity index (χ0v) is 13.2. The maximum absolute atomic E-state index is 9.43. The molecule has 1 aliphatic heterocycles.